The van der Waals surface area contributed by atoms with E-state index in [2.05, 4.69) is 50.1 Å². The summed E-state index contributed by atoms with van der Waals surface area (Å²) in [6.07, 6.45) is 0.271. The number of nitrogens with zero attached hydrogens (tertiary/aromatic N) is 3. The van der Waals surface area contributed by atoms with E-state index in [0.717, 1.165) is 16.5 Å². The van der Waals surface area contributed by atoms with Gasteiger partial charge in [0.25, 0.3) is 17.7 Å². The molecule has 0 bridgehead atoms. The third kappa shape index (κ3) is 6.68. The normalized spacial score (nSPS) is 15.9. The van der Waals surface area contributed by atoms with Crippen molar-refractivity contribution >= 4 is 56.2 Å². The first-order chi connectivity index (χ1) is 21.5. The Morgan fingerprint density at radius 3 is 2.36 bits per heavy atom. The van der Waals surface area contributed by atoms with Gasteiger partial charge in [-0.1, -0.05) is 43.5 Å². The van der Waals surface area contributed by atoms with Crippen molar-refractivity contribution in [2.45, 2.75) is 12.0 Å². The van der Waals surface area contributed by atoms with E-state index in [1.165, 1.54) is 10.7 Å². The number of aromatic nitrogens is 3. The Balaban J connectivity index is 1.15. The average Bonchev–Trinajstić information content (AvgIpc) is 3.66. The van der Waals surface area contributed by atoms with Crippen LogP contribution in [0.1, 0.15) is 33.0 Å². The second-order valence-corrected chi connectivity index (χ2v) is 11.5. The summed E-state index contributed by atoms with van der Waals surface area (Å²) in [4.78, 5) is 49.9. The van der Waals surface area contributed by atoms with E-state index in [9.17, 15) is 19.2 Å². The van der Waals surface area contributed by atoms with Crippen molar-refractivity contribution in [2.24, 2.45) is 14.1 Å². The van der Waals surface area contributed by atoms with Crippen molar-refractivity contribution in [1.82, 2.24) is 25.0 Å². The number of aryl methyl sites for hydroxylation is 2. The lowest BCUT2D eigenvalue weighted by molar-refractivity contribution is -0.150. The molecule has 12 nitrogen and oxygen atoms in total. The van der Waals surface area contributed by atoms with Gasteiger partial charge in [-0.3, -0.25) is 19.1 Å². The second kappa shape index (κ2) is 12.8. The summed E-state index contributed by atoms with van der Waals surface area (Å²) in [5, 5.41) is 13.4. The molecule has 1 unspecified atom stereocenters. The first-order valence-corrected chi connectivity index (χ1v) is 14.7. The minimum Gasteiger partial charge on any atom is -0.472 e. The van der Waals surface area contributed by atoms with Crippen molar-refractivity contribution in [3.63, 3.8) is 0 Å². The maximum atomic E-state index is 12.9. The van der Waals surface area contributed by atoms with Crippen LogP contribution in [0.15, 0.2) is 83.9 Å². The molecule has 0 aliphatic carbocycles. The van der Waals surface area contributed by atoms with E-state index < -0.39 is 17.5 Å². The predicted molar refractivity (Wildman–Crippen MR) is 171 cm³/mol. The quantitative estimate of drug-likeness (QED) is 0.125. The monoisotopic (exact) mass is 674 g/mol. The van der Waals surface area contributed by atoms with E-state index in [0.29, 0.717) is 17.0 Å². The lowest BCUT2D eigenvalue weighted by atomic mass is 9.90. The van der Waals surface area contributed by atoms with E-state index in [1.807, 2.05) is 36.4 Å². The molecule has 1 atom stereocenters. The van der Waals surface area contributed by atoms with Crippen LogP contribution in [0.3, 0.4) is 0 Å². The number of nitrogens with one attached hydrogen (secondary N) is 3. The van der Waals surface area contributed by atoms with Gasteiger partial charge in [0.1, 0.15) is 18.0 Å². The molecule has 1 fully saturated rings. The van der Waals surface area contributed by atoms with Crippen molar-refractivity contribution in [1.29, 1.82) is 0 Å². The summed E-state index contributed by atoms with van der Waals surface area (Å²) in [5.74, 6) is -1.37. The summed E-state index contributed by atoms with van der Waals surface area (Å²) in [5.41, 5.74) is 2.13. The number of carbonyl (C=O) groups excluding carboxylic acids is 4. The van der Waals surface area contributed by atoms with E-state index in [-0.39, 0.29) is 54.0 Å². The molecule has 0 saturated carbocycles. The Hall–Kier alpha value is -5.17. The minimum atomic E-state index is -1.04. The third-order valence-electron chi connectivity index (χ3n) is 7.39. The maximum absolute atomic E-state index is 12.9. The van der Waals surface area contributed by atoms with E-state index >= 15 is 0 Å². The molecule has 2 aromatic heterocycles. The standard InChI is InChI=1S/C32H31BrN6O6/c1-19-17-32(45-31(19)43,22-8-6-5-7-9-22)18-44-27-16-26(39(4)37-27)30(42)35-13-12-34-29(41)25-15-21-14-23(36-28(40)20(2)33)10-11-24(21)38(25)3/h5-11,14-16H,1-2,12-13,17-18H2,3-4H3,(H,34,41)(H,35,42)(H,36,40). The van der Waals surface area contributed by atoms with Gasteiger partial charge < -0.3 is 30.0 Å². The molecular weight excluding hydrogens is 644 g/mol. The summed E-state index contributed by atoms with van der Waals surface area (Å²) in [7, 11) is 3.38. The van der Waals surface area contributed by atoms with Crippen LogP contribution in [0.5, 0.6) is 5.88 Å². The lowest BCUT2D eigenvalue weighted by Gasteiger charge is -2.27. The molecular formula is C32H31BrN6O6. The molecule has 2 aromatic carbocycles. The number of ether oxygens (including phenoxy) is 2. The predicted octanol–water partition coefficient (Wildman–Crippen LogP) is 3.70. The fourth-order valence-corrected chi connectivity index (χ4v) is 5.16. The Labute approximate surface area is 267 Å². The highest BCUT2D eigenvalue weighted by Crippen LogP contribution is 2.39. The van der Waals surface area contributed by atoms with Crippen molar-refractivity contribution in [3.05, 3.63) is 101 Å². The topological polar surface area (TPSA) is 146 Å². The molecule has 3 N–H and O–H groups in total. The van der Waals surface area contributed by atoms with Crippen molar-refractivity contribution in [3.8, 4) is 5.88 Å². The number of anilines is 1. The number of hydrogen-bond donors (Lipinski definition) is 3. The van der Waals surface area contributed by atoms with Gasteiger partial charge in [-0.15, -0.1) is 5.10 Å². The number of carbonyl (C=O) groups is 4. The molecule has 3 amide bonds. The number of amides is 3. The summed E-state index contributed by atoms with van der Waals surface area (Å²) >= 11 is 3.05. The summed E-state index contributed by atoms with van der Waals surface area (Å²) in [6.45, 7) is 7.69. The Bertz CT molecular complexity index is 1830. The molecule has 45 heavy (non-hydrogen) atoms. The zero-order valence-corrected chi connectivity index (χ0v) is 26.3. The van der Waals surface area contributed by atoms with Gasteiger partial charge in [-0.05, 0) is 45.8 Å². The molecule has 1 aliphatic rings. The molecule has 1 saturated heterocycles. The molecule has 232 valence electrons. The van der Waals surface area contributed by atoms with Crippen LogP contribution in [-0.2, 0) is 34.0 Å². The number of rotatable bonds is 11. The van der Waals surface area contributed by atoms with Gasteiger partial charge in [-0.2, -0.15) is 0 Å². The number of benzene rings is 2. The van der Waals surface area contributed by atoms with Gasteiger partial charge in [0, 0.05) is 61.8 Å². The average molecular weight is 676 g/mol. The van der Waals surface area contributed by atoms with Crippen molar-refractivity contribution < 1.29 is 28.7 Å². The van der Waals surface area contributed by atoms with Crippen LogP contribution in [0, 0.1) is 0 Å². The fraction of sp³-hybridized carbons (Fsp3) is 0.219. The summed E-state index contributed by atoms with van der Waals surface area (Å²) < 4.78 is 14.9. The fourth-order valence-electron chi connectivity index (χ4n) is 5.06. The molecule has 1 aliphatic heterocycles. The molecule has 0 radical (unpaired) electrons. The van der Waals surface area contributed by atoms with E-state index in [4.69, 9.17) is 9.47 Å². The number of cyclic esters (lactones) is 1. The van der Waals surface area contributed by atoms with Gasteiger partial charge in [0.2, 0.25) is 5.88 Å². The lowest BCUT2D eigenvalue weighted by Crippen LogP contribution is -2.35. The van der Waals surface area contributed by atoms with Crippen LogP contribution < -0.4 is 20.7 Å². The SMILES string of the molecule is C=C(Br)C(=O)Nc1ccc2c(c1)cc(C(=O)NCCNC(=O)c1cc(OCC3(c4ccccc4)CC(=C)C(=O)O3)nn1C)n2C. The number of hydrogen-bond acceptors (Lipinski definition) is 7. The minimum absolute atomic E-state index is 0.0113. The Morgan fingerprint density at radius 2 is 1.71 bits per heavy atom. The first-order valence-electron chi connectivity index (χ1n) is 13.9. The smallest absolute Gasteiger partial charge is 0.334 e. The van der Waals surface area contributed by atoms with E-state index in [1.54, 1.807) is 36.9 Å². The Kier molecular flexibility index (Phi) is 8.91. The third-order valence-corrected chi connectivity index (χ3v) is 7.75. The molecule has 3 heterocycles. The molecule has 5 rings (SSSR count). The maximum Gasteiger partial charge on any atom is 0.334 e. The second-order valence-electron chi connectivity index (χ2n) is 10.5. The van der Waals surface area contributed by atoms with Gasteiger partial charge in [-0.25, -0.2) is 4.79 Å². The van der Waals surface area contributed by atoms with Crippen LogP contribution in [0.2, 0.25) is 0 Å². The number of esters is 1. The highest BCUT2D eigenvalue weighted by Gasteiger charge is 2.45. The molecule has 0 spiro atoms. The highest BCUT2D eigenvalue weighted by atomic mass is 79.9. The summed E-state index contributed by atoms with van der Waals surface area (Å²) in [6, 6.07) is 17.8. The zero-order valence-electron chi connectivity index (χ0n) is 24.7. The number of fused-ring (bicyclic) bond motifs is 1. The zero-order chi connectivity index (χ0) is 32.3. The molecule has 4 aromatic rings. The van der Waals surface area contributed by atoms with Gasteiger partial charge in [0.05, 0.1) is 4.48 Å². The Morgan fingerprint density at radius 1 is 1.02 bits per heavy atom. The van der Waals surface area contributed by atoms with Crippen LogP contribution in [0.25, 0.3) is 10.9 Å². The van der Waals surface area contributed by atoms with Gasteiger partial charge >= 0.3 is 5.97 Å². The van der Waals surface area contributed by atoms with Crippen LogP contribution in [-0.4, -0.2) is 57.7 Å². The number of halogens is 1. The largest absolute Gasteiger partial charge is 0.472 e. The highest BCUT2D eigenvalue weighted by molar-refractivity contribution is 9.12. The molecule has 13 heteroatoms. The van der Waals surface area contributed by atoms with Crippen LogP contribution in [0.4, 0.5) is 5.69 Å². The van der Waals surface area contributed by atoms with Gasteiger partial charge in [0.15, 0.2) is 5.60 Å². The van der Waals surface area contributed by atoms with Crippen LogP contribution >= 0.6 is 15.9 Å². The van der Waals surface area contributed by atoms with Crippen molar-refractivity contribution in [2.75, 3.05) is 25.0 Å². The first kappa shape index (κ1) is 31.3.